The Morgan fingerprint density at radius 1 is 1.33 bits per heavy atom. The number of rotatable bonds is 4. The number of hydrogen-bond donors (Lipinski definition) is 2. The Morgan fingerprint density at radius 2 is 2.19 bits per heavy atom. The van der Waals surface area contributed by atoms with Gasteiger partial charge in [-0.15, -0.1) is 0 Å². The van der Waals surface area contributed by atoms with Gasteiger partial charge in [0.2, 0.25) is 5.91 Å². The van der Waals surface area contributed by atoms with Crippen molar-refractivity contribution >= 4 is 5.91 Å². The van der Waals surface area contributed by atoms with E-state index < -0.39 is 0 Å². The molecule has 1 aliphatic carbocycles. The minimum Gasteiger partial charge on any atom is -0.349 e. The lowest BCUT2D eigenvalue weighted by molar-refractivity contribution is -0.120. The Labute approximate surface area is 122 Å². The number of aromatic amines is 1. The fourth-order valence-corrected chi connectivity index (χ4v) is 2.67. The van der Waals surface area contributed by atoms with Gasteiger partial charge >= 0.3 is 0 Å². The fraction of sp³-hybridized carbons (Fsp3) is 0.375. The third-order valence-corrected chi connectivity index (χ3v) is 3.71. The lowest BCUT2D eigenvalue weighted by Crippen LogP contribution is -2.25. The van der Waals surface area contributed by atoms with Crippen LogP contribution < -0.4 is 5.32 Å². The van der Waals surface area contributed by atoms with Crippen LogP contribution in [-0.4, -0.2) is 15.9 Å². The summed E-state index contributed by atoms with van der Waals surface area (Å²) < 4.78 is 13.1. The number of amides is 1. The van der Waals surface area contributed by atoms with Crippen molar-refractivity contribution in [2.45, 2.75) is 38.6 Å². The standard InChI is InChI=1S/C16H18FN3O/c17-12-5-3-4-11(8-12)9-16(21)18-10-15-19-13-6-1-2-7-14(13)20-15/h3-5,8H,1-2,6-7,9-10H2,(H,18,21)(H,19,20). The zero-order valence-corrected chi connectivity index (χ0v) is 11.8. The number of nitrogens with zero attached hydrogens (tertiary/aromatic N) is 1. The molecule has 0 spiro atoms. The predicted octanol–water partition coefficient (Wildman–Crippen LogP) is 2.29. The summed E-state index contributed by atoms with van der Waals surface area (Å²) in [5.74, 6) is 0.350. The number of aromatic nitrogens is 2. The van der Waals surface area contributed by atoms with Gasteiger partial charge in [-0.05, 0) is 43.4 Å². The lowest BCUT2D eigenvalue weighted by Gasteiger charge is -2.07. The molecule has 0 aliphatic heterocycles. The number of halogens is 1. The highest BCUT2D eigenvalue weighted by Crippen LogP contribution is 2.18. The molecule has 2 N–H and O–H groups in total. The molecule has 1 aromatic heterocycles. The van der Waals surface area contributed by atoms with Crippen molar-refractivity contribution in [1.82, 2.24) is 15.3 Å². The zero-order valence-electron chi connectivity index (χ0n) is 11.8. The summed E-state index contributed by atoms with van der Waals surface area (Å²) in [5, 5.41) is 2.82. The van der Waals surface area contributed by atoms with Gasteiger partial charge in [0, 0.05) is 5.69 Å². The Morgan fingerprint density at radius 3 is 3.00 bits per heavy atom. The van der Waals surface area contributed by atoms with E-state index in [1.165, 1.54) is 30.7 Å². The summed E-state index contributed by atoms with van der Waals surface area (Å²) in [5.41, 5.74) is 3.01. The topological polar surface area (TPSA) is 57.8 Å². The lowest BCUT2D eigenvalue weighted by atomic mass is 10.0. The summed E-state index contributed by atoms with van der Waals surface area (Å²) in [7, 11) is 0. The Balaban J connectivity index is 1.55. The number of fused-ring (bicyclic) bond motifs is 1. The molecule has 0 saturated carbocycles. The average molecular weight is 287 g/mol. The largest absolute Gasteiger partial charge is 0.349 e. The van der Waals surface area contributed by atoms with Gasteiger partial charge in [-0.1, -0.05) is 12.1 Å². The Hall–Kier alpha value is -2.17. The van der Waals surface area contributed by atoms with Crippen LogP contribution in [0, 0.1) is 5.82 Å². The maximum absolute atomic E-state index is 13.1. The maximum Gasteiger partial charge on any atom is 0.224 e. The van der Waals surface area contributed by atoms with Gasteiger partial charge < -0.3 is 10.3 Å². The molecule has 1 aromatic carbocycles. The number of nitrogens with one attached hydrogen (secondary N) is 2. The van der Waals surface area contributed by atoms with Gasteiger partial charge in [-0.25, -0.2) is 9.37 Å². The van der Waals surface area contributed by atoms with Crippen LogP contribution in [0.5, 0.6) is 0 Å². The first-order chi connectivity index (χ1) is 10.2. The van der Waals surface area contributed by atoms with Crippen LogP contribution in [0.25, 0.3) is 0 Å². The number of imidazole rings is 1. The van der Waals surface area contributed by atoms with Gasteiger partial charge in [0.05, 0.1) is 18.7 Å². The third kappa shape index (κ3) is 3.48. The molecule has 1 aliphatic rings. The summed E-state index contributed by atoms with van der Waals surface area (Å²) in [4.78, 5) is 19.7. The van der Waals surface area contributed by atoms with Gasteiger partial charge in [-0.2, -0.15) is 0 Å². The molecule has 3 rings (SSSR count). The van der Waals surface area contributed by atoms with Crippen molar-refractivity contribution < 1.29 is 9.18 Å². The van der Waals surface area contributed by atoms with Crippen molar-refractivity contribution in [3.63, 3.8) is 0 Å². The quantitative estimate of drug-likeness (QED) is 0.906. The number of carbonyl (C=O) groups is 1. The molecule has 0 bridgehead atoms. The monoisotopic (exact) mass is 287 g/mol. The van der Waals surface area contributed by atoms with E-state index >= 15 is 0 Å². The van der Waals surface area contributed by atoms with Crippen LogP contribution in [0.1, 0.15) is 35.6 Å². The molecule has 0 fully saturated rings. The first-order valence-corrected chi connectivity index (χ1v) is 7.28. The summed E-state index contributed by atoms with van der Waals surface area (Å²) >= 11 is 0. The first kappa shape index (κ1) is 13.8. The Bertz CT molecular complexity index is 627. The van der Waals surface area contributed by atoms with Crippen molar-refractivity contribution in [2.24, 2.45) is 0 Å². The molecule has 1 heterocycles. The highest BCUT2D eigenvalue weighted by molar-refractivity contribution is 5.78. The van der Waals surface area contributed by atoms with Gasteiger partial charge in [0.1, 0.15) is 11.6 Å². The van der Waals surface area contributed by atoms with Crippen LogP contribution in [0.15, 0.2) is 24.3 Å². The molecule has 0 atom stereocenters. The molecule has 4 nitrogen and oxygen atoms in total. The normalized spacial score (nSPS) is 13.8. The molecule has 5 heteroatoms. The van der Waals surface area contributed by atoms with Crippen molar-refractivity contribution in [2.75, 3.05) is 0 Å². The minimum atomic E-state index is -0.320. The summed E-state index contributed by atoms with van der Waals surface area (Å²) in [6.07, 6.45) is 4.62. The van der Waals surface area contributed by atoms with Crippen LogP contribution in [0.3, 0.4) is 0 Å². The smallest absolute Gasteiger partial charge is 0.224 e. The van der Waals surface area contributed by atoms with E-state index in [1.807, 2.05) is 0 Å². The second kappa shape index (κ2) is 6.08. The SMILES string of the molecule is O=C(Cc1cccc(F)c1)NCc1nc2c([nH]1)CCCC2. The molecule has 2 aromatic rings. The Kier molecular flexibility index (Phi) is 3.99. The van der Waals surface area contributed by atoms with E-state index in [0.29, 0.717) is 12.1 Å². The predicted molar refractivity (Wildman–Crippen MR) is 77.2 cm³/mol. The maximum atomic E-state index is 13.1. The van der Waals surface area contributed by atoms with E-state index in [9.17, 15) is 9.18 Å². The van der Waals surface area contributed by atoms with Crippen LogP contribution >= 0.6 is 0 Å². The zero-order chi connectivity index (χ0) is 14.7. The summed E-state index contributed by atoms with van der Waals surface area (Å²) in [6.45, 7) is 0.390. The van der Waals surface area contributed by atoms with Gasteiger partial charge in [-0.3, -0.25) is 4.79 Å². The van der Waals surface area contributed by atoms with Crippen LogP contribution in [-0.2, 0) is 30.6 Å². The molecule has 1 amide bonds. The van der Waals surface area contributed by atoms with Crippen molar-refractivity contribution in [1.29, 1.82) is 0 Å². The molecule has 0 unspecified atom stereocenters. The van der Waals surface area contributed by atoms with Crippen LogP contribution in [0.4, 0.5) is 4.39 Å². The second-order valence-corrected chi connectivity index (χ2v) is 5.40. The minimum absolute atomic E-state index is 0.130. The number of carbonyl (C=O) groups excluding carboxylic acids is 1. The first-order valence-electron chi connectivity index (χ1n) is 7.28. The molecule has 21 heavy (non-hydrogen) atoms. The average Bonchev–Trinajstić information content (AvgIpc) is 2.88. The molecular weight excluding hydrogens is 269 g/mol. The van der Waals surface area contributed by atoms with Crippen molar-refractivity contribution in [3.05, 3.63) is 52.9 Å². The number of H-pyrrole nitrogens is 1. The van der Waals surface area contributed by atoms with E-state index in [4.69, 9.17) is 0 Å². The van der Waals surface area contributed by atoms with Crippen molar-refractivity contribution in [3.8, 4) is 0 Å². The number of benzene rings is 1. The van der Waals surface area contributed by atoms with E-state index in [2.05, 4.69) is 15.3 Å². The summed E-state index contributed by atoms with van der Waals surface area (Å²) in [6, 6.07) is 6.10. The van der Waals surface area contributed by atoms with Crippen LogP contribution in [0.2, 0.25) is 0 Å². The molecule has 0 saturated heterocycles. The number of hydrogen-bond acceptors (Lipinski definition) is 2. The van der Waals surface area contributed by atoms with E-state index in [-0.39, 0.29) is 18.1 Å². The highest BCUT2D eigenvalue weighted by Gasteiger charge is 2.14. The second-order valence-electron chi connectivity index (χ2n) is 5.40. The molecule has 110 valence electrons. The third-order valence-electron chi connectivity index (χ3n) is 3.71. The van der Waals surface area contributed by atoms with E-state index in [1.54, 1.807) is 12.1 Å². The highest BCUT2D eigenvalue weighted by atomic mass is 19.1. The van der Waals surface area contributed by atoms with Gasteiger partial charge in [0.15, 0.2) is 0 Å². The van der Waals surface area contributed by atoms with E-state index in [0.717, 1.165) is 24.4 Å². The number of aryl methyl sites for hydroxylation is 2. The molecular formula is C16H18FN3O. The molecule has 0 radical (unpaired) electrons. The fourth-order valence-electron chi connectivity index (χ4n) is 2.67. The van der Waals surface area contributed by atoms with Gasteiger partial charge in [0.25, 0.3) is 0 Å².